The van der Waals surface area contributed by atoms with E-state index in [0.29, 0.717) is 0 Å². The summed E-state index contributed by atoms with van der Waals surface area (Å²) >= 11 is 0. The molecule has 8 atom stereocenters. The van der Waals surface area contributed by atoms with Crippen molar-refractivity contribution in [3.05, 3.63) is 121 Å². The van der Waals surface area contributed by atoms with Gasteiger partial charge in [-0.15, -0.1) is 0 Å². The Kier molecular flexibility index (Phi) is 1.65. The monoisotopic (exact) mass is 660 g/mol. The van der Waals surface area contributed by atoms with Crippen LogP contribution in [0.1, 0.15) is 0 Å². The summed E-state index contributed by atoms with van der Waals surface area (Å²) in [6.07, 6.45) is 0. The molecule has 192 valence electrons. The summed E-state index contributed by atoms with van der Waals surface area (Å²) < 4.78 is 1.60. The van der Waals surface area contributed by atoms with Gasteiger partial charge in [0.1, 0.15) is 0 Å². The number of rotatable bonds is 6. The van der Waals surface area contributed by atoms with Crippen molar-refractivity contribution in [2.45, 2.75) is 46.6 Å². The van der Waals surface area contributed by atoms with Crippen LogP contribution in [-0.2, 0) is 26.9 Å². The summed E-state index contributed by atoms with van der Waals surface area (Å²) in [7, 11) is -0.505. The normalized spacial score (nSPS) is 61.4. The van der Waals surface area contributed by atoms with E-state index in [2.05, 4.69) is 121 Å². The van der Waals surface area contributed by atoms with Crippen LogP contribution < -0.4 is 21.2 Å². The summed E-state index contributed by atoms with van der Waals surface area (Å²) in [5, 5.41) is 6.87. The van der Waals surface area contributed by atoms with Gasteiger partial charge in [-0.2, -0.15) is 0 Å². The second-order valence-corrected chi connectivity index (χ2v) is 44.6. The molecular formula is C34H28FeP2Pd. The van der Waals surface area contributed by atoms with Gasteiger partial charge in [-0.1, -0.05) is 0 Å². The van der Waals surface area contributed by atoms with Gasteiger partial charge >= 0.3 is 212 Å². The summed E-state index contributed by atoms with van der Waals surface area (Å²) in [4.78, 5) is 10.1. The molecule has 0 bridgehead atoms. The first-order valence-electron chi connectivity index (χ1n) is 14.1. The van der Waals surface area contributed by atoms with Crippen LogP contribution in [-0.4, -0.2) is 8.11 Å². The van der Waals surface area contributed by atoms with Gasteiger partial charge < -0.3 is 0 Å². The Morgan fingerprint density at radius 1 is 0.395 bits per heavy atom. The van der Waals surface area contributed by atoms with Crippen LogP contribution >= 0.6 is 15.8 Å². The fourth-order valence-corrected chi connectivity index (χ4v) is 126. The minimum absolute atomic E-state index is 0. The Morgan fingerprint density at radius 2 is 0.632 bits per heavy atom. The molecule has 38 heavy (non-hydrogen) atoms. The molecule has 8 unspecified atom stereocenters. The SMILES string of the molecule is [Pd].c1ccc(P(c2ccccc2)[C]23[CH]4[CH]5[CH]6[CH]2[Fe]56432789[CH]3[CH]2[CH]7[C]8(P(c2ccccc2)c2ccccc2)[CH]39)cc1. The van der Waals surface area contributed by atoms with E-state index in [-0.39, 0.29) is 36.3 Å². The molecule has 0 saturated carbocycles. The van der Waals surface area contributed by atoms with E-state index < -0.39 is 6.51 Å². The van der Waals surface area contributed by atoms with E-state index in [1.165, 1.54) is 38.5 Å². The molecule has 14 rings (SSSR count). The summed E-state index contributed by atoms with van der Waals surface area (Å²) in [5.74, 6) is 0. The van der Waals surface area contributed by atoms with Crippen LogP contribution in [0, 0.1) is 0 Å². The van der Waals surface area contributed by atoms with E-state index in [9.17, 15) is 0 Å². The molecule has 10 aliphatic heterocycles. The van der Waals surface area contributed by atoms with Gasteiger partial charge in [-0.25, -0.2) is 0 Å². The molecular weight excluding hydrogens is 633 g/mol. The van der Waals surface area contributed by atoms with Gasteiger partial charge in [0.05, 0.1) is 0 Å². The van der Waals surface area contributed by atoms with E-state index in [1.54, 1.807) is 21.2 Å². The molecule has 10 saturated heterocycles. The second-order valence-electron chi connectivity index (χ2n) is 15.7. The van der Waals surface area contributed by atoms with Crippen LogP contribution in [0.25, 0.3) is 0 Å². The quantitative estimate of drug-likeness (QED) is 0.149. The van der Waals surface area contributed by atoms with Crippen LogP contribution in [0.5, 0.6) is 0 Å². The van der Waals surface area contributed by atoms with Crippen molar-refractivity contribution in [1.82, 2.24) is 0 Å². The molecule has 4 aromatic rings. The Morgan fingerprint density at radius 3 is 0.842 bits per heavy atom. The van der Waals surface area contributed by atoms with Gasteiger partial charge in [-0.05, 0) is 0 Å². The topological polar surface area (TPSA) is 0 Å². The van der Waals surface area contributed by atoms with Crippen molar-refractivity contribution in [3.63, 3.8) is 0 Å². The average molecular weight is 661 g/mol. The number of benzene rings is 4. The number of hydrogen-bond acceptors (Lipinski definition) is 0. The molecule has 0 radical (unpaired) electrons. The third kappa shape index (κ3) is 0.495. The van der Waals surface area contributed by atoms with Crippen LogP contribution in [0.15, 0.2) is 121 Å². The zero-order valence-corrected chi connectivity index (χ0v) is 25.2. The Balaban J connectivity index is 0.00000179. The average Bonchev–Trinajstić information content (AvgIpc) is 3.92. The van der Waals surface area contributed by atoms with Crippen molar-refractivity contribution in [2.75, 3.05) is 0 Å². The first kappa shape index (κ1) is 19.9. The van der Waals surface area contributed by atoms with Crippen molar-refractivity contribution >= 4 is 37.1 Å². The molecule has 0 aliphatic carbocycles. The summed E-state index contributed by atoms with van der Waals surface area (Å²) in [5.41, 5.74) is 0. The molecule has 0 amide bonds. The van der Waals surface area contributed by atoms with Crippen LogP contribution in [0.4, 0.5) is 0 Å². The standard InChI is InChI=1S/2C17H14P.Fe.Pd/c2*1-3-9-15(10-4-1)18(17-13-7-8-14-17)16-11-5-2-6-12-16;;/h2*1-14H;;. The van der Waals surface area contributed by atoms with Crippen molar-refractivity contribution < 1.29 is 26.9 Å². The molecule has 0 aromatic heterocycles. The van der Waals surface area contributed by atoms with Gasteiger partial charge in [-0.3, -0.25) is 0 Å². The van der Waals surface area contributed by atoms with E-state index >= 15 is 0 Å². The van der Waals surface area contributed by atoms with Crippen molar-refractivity contribution in [3.8, 4) is 0 Å². The maximum atomic E-state index is 2.54. The first-order valence-corrected chi connectivity index (χ1v) is 23.0. The Labute approximate surface area is 230 Å². The van der Waals surface area contributed by atoms with E-state index in [4.69, 9.17) is 0 Å². The zero-order valence-electron chi connectivity index (χ0n) is 20.7. The van der Waals surface area contributed by atoms with Crippen molar-refractivity contribution in [2.24, 2.45) is 0 Å². The third-order valence-corrected chi connectivity index (χ3v) is 76.1. The van der Waals surface area contributed by atoms with Crippen LogP contribution in [0.3, 0.4) is 0 Å². The number of hydrogen-bond donors (Lipinski definition) is 0. The van der Waals surface area contributed by atoms with Gasteiger partial charge in [0.25, 0.3) is 0 Å². The van der Waals surface area contributed by atoms with Crippen molar-refractivity contribution in [1.29, 1.82) is 0 Å². The third-order valence-electron chi connectivity index (χ3n) is 19.4. The van der Waals surface area contributed by atoms with Gasteiger partial charge in [0.15, 0.2) is 0 Å². The Hall–Kier alpha value is -1.08. The fourth-order valence-electron chi connectivity index (χ4n) is 20.9. The molecule has 4 heteroatoms. The molecule has 0 N–H and O–H groups in total. The predicted molar refractivity (Wildman–Crippen MR) is 154 cm³/mol. The maximum absolute atomic E-state index is 3.82. The molecule has 1 spiro atoms. The van der Waals surface area contributed by atoms with E-state index in [1.807, 2.05) is 0 Å². The van der Waals surface area contributed by atoms with Crippen LogP contribution in [0.2, 0.25) is 38.5 Å². The predicted octanol–water partition coefficient (Wildman–Crippen LogP) is 7.45. The molecule has 10 fully saturated rings. The fraction of sp³-hybridized carbons (Fsp3) is 0.294. The molecule has 4 aromatic carbocycles. The Bertz CT molecular complexity index is 1920. The summed E-state index contributed by atoms with van der Waals surface area (Å²) in [6, 6.07) is 48.0. The molecule has 10 heterocycles. The van der Waals surface area contributed by atoms with E-state index in [0.717, 1.165) is 8.11 Å². The second kappa shape index (κ2) is 3.15. The summed E-state index contributed by atoms with van der Waals surface area (Å²) in [6.45, 7) is -3.82. The zero-order chi connectivity index (χ0) is 23.5. The molecule has 10 aliphatic rings. The van der Waals surface area contributed by atoms with Gasteiger partial charge in [0.2, 0.25) is 0 Å². The molecule has 0 nitrogen and oxygen atoms in total. The first-order chi connectivity index (χ1) is 18.1. The minimum atomic E-state index is -3.82. The van der Waals surface area contributed by atoms with Gasteiger partial charge in [0, 0.05) is 20.4 Å². The number of fused-ring (bicyclic) bond motifs is 10.